The Bertz CT molecular complexity index is 833. The van der Waals surface area contributed by atoms with E-state index < -0.39 is 0 Å². The van der Waals surface area contributed by atoms with E-state index >= 15 is 0 Å². The maximum atomic E-state index is 12.8. The van der Waals surface area contributed by atoms with Crippen molar-refractivity contribution in [1.82, 2.24) is 10.2 Å². The molecule has 2 aliphatic heterocycles. The minimum absolute atomic E-state index is 0.0191. The first-order valence-electron chi connectivity index (χ1n) is 10.6. The molecule has 1 aliphatic carbocycles. The smallest absolute Gasteiger partial charge is 0.231 e. The molecule has 29 heavy (non-hydrogen) atoms. The highest BCUT2D eigenvalue weighted by Gasteiger charge is 2.47. The van der Waals surface area contributed by atoms with E-state index in [1.165, 1.54) is 0 Å². The number of guanidine groups is 1. The number of hydrogen-bond acceptors (Lipinski definition) is 5. The van der Waals surface area contributed by atoms with Crippen LogP contribution in [0.3, 0.4) is 0 Å². The summed E-state index contributed by atoms with van der Waals surface area (Å²) >= 11 is 0. The molecule has 4 rings (SSSR count). The molecule has 1 saturated carbocycles. The lowest BCUT2D eigenvalue weighted by molar-refractivity contribution is -0.130. The van der Waals surface area contributed by atoms with Crippen molar-refractivity contribution in [3.8, 4) is 5.75 Å². The van der Waals surface area contributed by atoms with Gasteiger partial charge >= 0.3 is 0 Å². The van der Waals surface area contributed by atoms with Crippen LogP contribution in [0.1, 0.15) is 57.6 Å². The Labute approximate surface area is 171 Å². The molecule has 0 radical (unpaired) electrons. The van der Waals surface area contributed by atoms with Gasteiger partial charge in [0.1, 0.15) is 5.75 Å². The highest BCUT2D eigenvalue weighted by molar-refractivity contribution is 5.99. The minimum atomic E-state index is -0.367. The first-order valence-corrected chi connectivity index (χ1v) is 10.6. The summed E-state index contributed by atoms with van der Waals surface area (Å²) in [4.78, 5) is 31.7. The number of ether oxygens (including phenoxy) is 1. The molecule has 7 nitrogen and oxygen atoms in total. The maximum Gasteiger partial charge on any atom is 0.231 e. The number of para-hydroxylation sites is 1. The zero-order valence-corrected chi connectivity index (χ0v) is 17.2. The van der Waals surface area contributed by atoms with Gasteiger partial charge in [-0.1, -0.05) is 32.0 Å². The number of benzene rings is 1. The summed E-state index contributed by atoms with van der Waals surface area (Å²) in [7, 11) is 0. The Morgan fingerprint density at radius 2 is 2.10 bits per heavy atom. The van der Waals surface area contributed by atoms with Gasteiger partial charge < -0.3 is 15.8 Å². The molecule has 0 aromatic heterocycles. The Morgan fingerprint density at radius 3 is 2.83 bits per heavy atom. The number of carbonyl (C=O) groups excluding carboxylic acids is 2. The van der Waals surface area contributed by atoms with Gasteiger partial charge in [0.25, 0.3) is 0 Å². The molecule has 1 aromatic rings. The number of carbonyl (C=O) groups is 2. The number of aliphatic imine (C=N–C) groups is 1. The summed E-state index contributed by atoms with van der Waals surface area (Å²) in [6, 6.07) is 7.81. The molecule has 3 aliphatic rings. The second-order valence-corrected chi connectivity index (χ2v) is 8.42. The van der Waals surface area contributed by atoms with Gasteiger partial charge in [0, 0.05) is 24.4 Å². The van der Waals surface area contributed by atoms with Gasteiger partial charge in [0.05, 0.1) is 24.6 Å². The van der Waals surface area contributed by atoms with Gasteiger partial charge in [0.15, 0.2) is 5.96 Å². The summed E-state index contributed by atoms with van der Waals surface area (Å²) in [5.74, 6) is 1.27. The molecule has 3 atom stereocenters. The van der Waals surface area contributed by atoms with Gasteiger partial charge in [-0.25, -0.2) is 4.99 Å². The van der Waals surface area contributed by atoms with Crippen molar-refractivity contribution in [2.45, 2.75) is 57.5 Å². The summed E-state index contributed by atoms with van der Waals surface area (Å²) in [6.07, 6.45) is 3.53. The fourth-order valence-electron chi connectivity index (χ4n) is 4.48. The van der Waals surface area contributed by atoms with Crippen LogP contribution in [0.2, 0.25) is 0 Å². The molecular formula is C22H30N4O3. The predicted octanol–water partition coefficient (Wildman–Crippen LogP) is 2.37. The van der Waals surface area contributed by atoms with Gasteiger partial charge in [-0.2, -0.15) is 0 Å². The number of amides is 2. The fraction of sp³-hybridized carbons (Fsp3) is 0.591. The lowest BCUT2D eigenvalue weighted by Crippen LogP contribution is -2.52. The molecule has 0 saturated heterocycles. The maximum absolute atomic E-state index is 12.8. The van der Waals surface area contributed by atoms with E-state index in [0.717, 1.165) is 37.0 Å². The van der Waals surface area contributed by atoms with Crippen LogP contribution in [-0.4, -0.2) is 41.4 Å². The van der Waals surface area contributed by atoms with Crippen molar-refractivity contribution in [3.05, 3.63) is 29.8 Å². The predicted molar refractivity (Wildman–Crippen MR) is 110 cm³/mol. The summed E-state index contributed by atoms with van der Waals surface area (Å²) in [5.41, 5.74) is 6.80. The molecule has 1 aromatic carbocycles. The number of nitrogens with one attached hydrogen (secondary N) is 1. The highest BCUT2D eigenvalue weighted by atomic mass is 16.5. The largest absolute Gasteiger partial charge is 0.493 e. The SMILES string of the molecule is CCC1(CC)CC(=O)N(CC2CC2C(=O)NC2CCOc3ccccc32)C(N)=N1. The molecule has 2 heterocycles. The summed E-state index contributed by atoms with van der Waals surface area (Å²) < 4.78 is 5.67. The minimum Gasteiger partial charge on any atom is -0.493 e. The topological polar surface area (TPSA) is 97.0 Å². The molecule has 2 amide bonds. The van der Waals surface area contributed by atoms with Crippen molar-refractivity contribution >= 4 is 17.8 Å². The number of nitrogens with two attached hydrogens (primary N) is 1. The monoisotopic (exact) mass is 398 g/mol. The normalized spacial score (nSPS) is 27.5. The molecular weight excluding hydrogens is 368 g/mol. The van der Waals surface area contributed by atoms with E-state index in [0.29, 0.717) is 25.5 Å². The number of hydrogen-bond donors (Lipinski definition) is 2. The van der Waals surface area contributed by atoms with Crippen LogP contribution < -0.4 is 15.8 Å². The highest BCUT2D eigenvalue weighted by Crippen LogP contribution is 2.41. The zero-order valence-electron chi connectivity index (χ0n) is 17.2. The van der Waals surface area contributed by atoms with Crippen molar-refractivity contribution in [3.63, 3.8) is 0 Å². The zero-order chi connectivity index (χ0) is 20.6. The van der Waals surface area contributed by atoms with E-state index in [9.17, 15) is 9.59 Å². The van der Waals surface area contributed by atoms with E-state index in [4.69, 9.17) is 10.5 Å². The lowest BCUT2D eigenvalue weighted by atomic mass is 9.88. The van der Waals surface area contributed by atoms with Crippen LogP contribution in [0.5, 0.6) is 5.75 Å². The van der Waals surface area contributed by atoms with Crippen molar-refractivity contribution in [2.75, 3.05) is 13.2 Å². The molecule has 0 bridgehead atoms. The first-order chi connectivity index (χ1) is 14.0. The average molecular weight is 399 g/mol. The standard InChI is InChI=1S/C22H30N4O3/c1-3-22(4-2)12-19(27)26(21(23)25-22)13-14-11-16(14)20(28)24-17-9-10-29-18-8-6-5-7-15(17)18/h5-8,14,16-17H,3-4,9-13H2,1-2H3,(H2,23,25)(H,24,28). The summed E-state index contributed by atoms with van der Waals surface area (Å²) in [5, 5.41) is 3.17. The Morgan fingerprint density at radius 1 is 1.34 bits per heavy atom. The van der Waals surface area contributed by atoms with Gasteiger partial charge in [-0.15, -0.1) is 0 Å². The lowest BCUT2D eigenvalue weighted by Gasteiger charge is -2.36. The Balaban J connectivity index is 1.36. The third-order valence-electron chi connectivity index (χ3n) is 6.68. The fourth-order valence-corrected chi connectivity index (χ4v) is 4.48. The number of nitrogens with zero attached hydrogens (tertiary/aromatic N) is 2. The van der Waals surface area contributed by atoms with Crippen LogP contribution >= 0.6 is 0 Å². The second kappa shape index (κ2) is 7.69. The Kier molecular flexibility index (Phi) is 5.23. The summed E-state index contributed by atoms with van der Waals surface area (Å²) in [6.45, 7) is 5.15. The van der Waals surface area contributed by atoms with Gasteiger partial charge in [0.2, 0.25) is 11.8 Å². The van der Waals surface area contributed by atoms with E-state index in [-0.39, 0.29) is 35.2 Å². The van der Waals surface area contributed by atoms with Crippen molar-refractivity contribution in [2.24, 2.45) is 22.6 Å². The molecule has 0 spiro atoms. The van der Waals surface area contributed by atoms with Crippen LogP contribution in [0.25, 0.3) is 0 Å². The van der Waals surface area contributed by atoms with Crippen LogP contribution in [0.15, 0.2) is 29.3 Å². The quantitative estimate of drug-likeness (QED) is 0.769. The molecule has 3 unspecified atom stereocenters. The van der Waals surface area contributed by atoms with Crippen LogP contribution in [0.4, 0.5) is 0 Å². The van der Waals surface area contributed by atoms with Gasteiger partial charge in [-0.05, 0) is 31.2 Å². The molecule has 1 fully saturated rings. The van der Waals surface area contributed by atoms with E-state index in [1.54, 1.807) is 4.90 Å². The third kappa shape index (κ3) is 3.82. The number of fused-ring (bicyclic) bond motifs is 1. The second-order valence-electron chi connectivity index (χ2n) is 8.42. The van der Waals surface area contributed by atoms with E-state index in [2.05, 4.69) is 10.3 Å². The average Bonchev–Trinajstić information content (AvgIpc) is 3.50. The van der Waals surface area contributed by atoms with Gasteiger partial charge in [-0.3, -0.25) is 14.5 Å². The van der Waals surface area contributed by atoms with Crippen LogP contribution in [-0.2, 0) is 9.59 Å². The van der Waals surface area contributed by atoms with Crippen molar-refractivity contribution < 1.29 is 14.3 Å². The molecule has 7 heteroatoms. The Hall–Kier alpha value is -2.57. The third-order valence-corrected chi connectivity index (χ3v) is 6.68. The van der Waals surface area contributed by atoms with Crippen molar-refractivity contribution in [1.29, 1.82) is 0 Å². The molecule has 156 valence electrons. The van der Waals surface area contributed by atoms with Crippen LogP contribution in [0, 0.1) is 11.8 Å². The van der Waals surface area contributed by atoms with E-state index in [1.807, 2.05) is 38.1 Å². The number of rotatable bonds is 6. The first kappa shape index (κ1) is 19.7. The molecule has 3 N–H and O–H groups in total.